The Morgan fingerprint density at radius 3 is 2.56 bits per heavy atom. The molecule has 1 unspecified atom stereocenters. The summed E-state index contributed by atoms with van der Waals surface area (Å²) in [7, 11) is 0. The van der Waals surface area contributed by atoms with E-state index in [1.54, 1.807) is 35.9 Å². The van der Waals surface area contributed by atoms with Crippen molar-refractivity contribution in [2.75, 3.05) is 19.0 Å². The number of aromatic nitrogens is 1. The molecule has 1 amide bonds. The second kappa shape index (κ2) is 10.1. The number of nitrogens with zero attached hydrogens (tertiary/aromatic N) is 1. The third-order valence-corrected chi connectivity index (χ3v) is 6.74. The Bertz CT molecular complexity index is 1090. The molecule has 2 heterocycles. The van der Waals surface area contributed by atoms with Gasteiger partial charge in [-0.3, -0.25) is 15.0 Å². The fourth-order valence-corrected chi connectivity index (χ4v) is 4.97. The molecule has 9 heteroatoms. The topological polar surface area (TPSA) is 107 Å². The van der Waals surface area contributed by atoms with Crippen LogP contribution in [0, 0.1) is 5.41 Å². The molecule has 2 N–H and O–H groups in total. The van der Waals surface area contributed by atoms with E-state index in [9.17, 15) is 9.00 Å². The Kier molecular flexibility index (Phi) is 6.99. The summed E-state index contributed by atoms with van der Waals surface area (Å²) in [5.74, 6) is 0.447. The lowest BCUT2D eigenvalue weighted by Gasteiger charge is -2.33. The van der Waals surface area contributed by atoms with E-state index in [0.29, 0.717) is 44.2 Å². The number of pyridine rings is 1. The number of hydrogen-bond acceptors (Lipinski definition) is 7. The third-order valence-electron chi connectivity index (χ3n) is 5.57. The lowest BCUT2D eigenvalue weighted by atomic mass is 9.81. The number of fused-ring (bicyclic) bond motifs is 1. The Morgan fingerprint density at radius 2 is 1.81 bits per heavy atom. The largest absolute Gasteiger partial charge is 0.489 e. The molecule has 0 bridgehead atoms. The second-order valence-electron chi connectivity index (χ2n) is 7.61. The monoisotopic (exact) mass is 456 g/mol. The normalized spacial score (nSPS) is 16.3. The van der Waals surface area contributed by atoms with Crippen LogP contribution in [0.5, 0.6) is 11.5 Å². The minimum atomic E-state index is -1.76. The summed E-state index contributed by atoms with van der Waals surface area (Å²) < 4.78 is 29.3. The lowest BCUT2D eigenvalue weighted by Crippen LogP contribution is -2.47. The van der Waals surface area contributed by atoms with Gasteiger partial charge in [0.1, 0.15) is 18.1 Å². The molecule has 2 aromatic carbocycles. The van der Waals surface area contributed by atoms with E-state index in [1.807, 2.05) is 30.3 Å². The van der Waals surface area contributed by atoms with Gasteiger partial charge in [0.2, 0.25) is 11.1 Å². The number of rotatable bonds is 8. The molecular formula is C23H24N2O6S. The van der Waals surface area contributed by atoms with Gasteiger partial charge in [0, 0.05) is 30.4 Å². The van der Waals surface area contributed by atoms with Crippen LogP contribution < -0.4 is 14.4 Å². The van der Waals surface area contributed by atoms with Crippen molar-refractivity contribution in [1.29, 1.82) is 0 Å². The van der Waals surface area contributed by atoms with E-state index in [4.69, 9.17) is 18.9 Å². The van der Waals surface area contributed by atoms with Crippen LogP contribution in [0.3, 0.4) is 0 Å². The number of ether oxygens (including phenoxy) is 2. The van der Waals surface area contributed by atoms with Gasteiger partial charge >= 0.3 is 0 Å². The van der Waals surface area contributed by atoms with Crippen LogP contribution in [0.15, 0.2) is 60.8 Å². The molecule has 3 aromatic rings. The van der Waals surface area contributed by atoms with Crippen LogP contribution in [-0.2, 0) is 27.2 Å². The van der Waals surface area contributed by atoms with Gasteiger partial charge < -0.3 is 13.7 Å². The minimum absolute atomic E-state index is 0.0316. The average molecular weight is 457 g/mol. The molecular weight excluding hydrogens is 432 g/mol. The summed E-state index contributed by atoms with van der Waals surface area (Å²) in [6.45, 7) is 1.11. The SMILES string of the molecule is O=C(NO)C1(CS(=O)Oc2ccc(OCc3ccnc4ccccc34)cc2)CCOCC1. The molecule has 0 aliphatic carbocycles. The van der Waals surface area contributed by atoms with Crippen LogP contribution in [-0.4, -0.2) is 39.3 Å². The highest BCUT2D eigenvalue weighted by Gasteiger charge is 2.42. The number of carbonyl (C=O) groups excluding carboxylic acids is 1. The number of hydroxylamine groups is 1. The van der Waals surface area contributed by atoms with Crippen LogP contribution >= 0.6 is 0 Å². The van der Waals surface area contributed by atoms with Gasteiger partial charge in [0.05, 0.1) is 16.7 Å². The number of amides is 1. The zero-order valence-corrected chi connectivity index (χ0v) is 18.2. The molecule has 8 nitrogen and oxygen atoms in total. The van der Waals surface area contributed by atoms with Crippen molar-refractivity contribution in [2.24, 2.45) is 5.41 Å². The average Bonchev–Trinajstić information content (AvgIpc) is 2.83. The van der Waals surface area contributed by atoms with Crippen LogP contribution in [0.1, 0.15) is 18.4 Å². The smallest absolute Gasteiger partial charge is 0.250 e. The van der Waals surface area contributed by atoms with Gasteiger partial charge in [-0.2, -0.15) is 0 Å². The summed E-state index contributed by atoms with van der Waals surface area (Å²) in [6.07, 6.45) is 2.49. The van der Waals surface area contributed by atoms with E-state index >= 15 is 0 Å². The summed E-state index contributed by atoms with van der Waals surface area (Å²) >= 11 is -1.76. The highest BCUT2D eigenvalue weighted by molar-refractivity contribution is 7.80. The van der Waals surface area contributed by atoms with E-state index < -0.39 is 22.4 Å². The molecule has 1 fully saturated rings. The third kappa shape index (κ3) is 5.07. The molecule has 32 heavy (non-hydrogen) atoms. The second-order valence-corrected chi connectivity index (χ2v) is 8.68. The first-order chi connectivity index (χ1) is 15.6. The van der Waals surface area contributed by atoms with Gasteiger partial charge in [0.15, 0.2) is 0 Å². The van der Waals surface area contributed by atoms with Gasteiger partial charge in [-0.15, -0.1) is 0 Å². The van der Waals surface area contributed by atoms with Crippen molar-refractivity contribution in [3.05, 3.63) is 66.4 Å². The number of hydrogen-bond donors (Lipinski definition) is 2. The standard InChI is InChI=1S/C23H24N2O6S/c26-22(25-27)23(10-13-29-14-11-23)16-32(28)31-19-7-5-18(6-8-19)30-15-17-9-12-24-21-4-2-1-3-20(17)21/h1-9,12,27H,10-11,13-16H2,(H,25,26). The molecule has 0 spiro atoms. The predicted octanol–water partition coefficient (Wildman–Crippen LogP) is 3.16. The summed E-state index contributed by atoms with van der Waals surface area (Å²) in [5.41, 5.74) is 2.65. The van der Waals surface area contributed by atoms with Crippen molar-refractivity contribution >= 4 is 27.9 Å². The van der Waals surface area contributed by atoms with Crippen LogP contribution in [0.25, 0.3) is 10.9 Å². The van der Waals surface area contributed by atoms with E-state index in [0.717, 1.165) is 16.5 Å². The minimum Gasteiger partial charge on any atom is -0.489 e. The molecule has 0 saturated carbocycles. The summed E-state index contributed by atoms with van der Waals surface area (Å²) in [5, 5.41) is 10.1. The maximum atomic E-state index is 12.6. The van der Waals surface area contributed by atoms with Crippen molar-refractivity contribution in [3.8, 4) is 11.5 Å². The van der Waals surface area contributed by atoms with Gasteiger partial charge in [-0.1, -0.05) is 18.2 Å². The molecule has 1 aliphatic heterocycles. The van der Waals surface area contributed by atoms with Gasteiger partial charge in [0.25, 0.3) is 5.91 Å². The zero-order chi connectivity index (χ0) is 22.4. The fourth-order valence-electron chi connectivity index (χ4n) is 3.71. The molecule has 168 valence electrons. The molecule has 1 aromatic heterocycles. The number of carbonyl (C=O) groups is 1. The highest BCUT2D eigenvalue weighted by Crippen LogP contribution is 2.32. The quantitative estimate of drug-likeness (QED) is 0.396. The van der Waals surface area contributed by atoms with E-state index in [1.165, 1.54) is 0 Å². The van der Waals surface area contributed by atoms with Crippen molar-refractivity contribution < 1.29 is 27.9 Å². The van der Waals surface area contributed by atoms with Gasteiger partial charge in [-0.05, 0) is 49.2 Å². The van der Waals surface area contributed by atoms with E-state index in [-0.39, 0.29) is 5.75 Å². The lowest BCUT2D eigenvalue weighted by molar-refractivity contribution is -0.143. The predicted molar refractivity (Wildman–Crippen MR) is 119 cm³/mol. The zero-order valence-electron chi connectivity index (χ0n) is 17.4. The summed E-state index contributed by atoms with van der Waals surface area (Å²) in [4.78, 5) is 16.5. The fraction of sp³-hybridized carbons (Fsp3) is 0.304. The Labute approximate surface area is 188 Å². The molecule has 0 radical (unpaired) electrons. The van der Waals surface area contributed by atoms with Crippen molar-refractivity contribution in [3.63, 3.8) is 0 Å². The van der Waals surface area contributed by atoms with Gasteiger partial charge in [-0.25, -0.2) is 9.69 Å². The first-order valence-corrected chi connectivity index (χ1v) is 11.5. The van der Waals surface area contributed by atoms with Crippen molar-refractivity contribution in [2.45, 2.75) is 19.4 Å². The molecule has 4 rings (SSSR count). The first kappa shape index (κ1) is 22.2. The molecule has 1 aliphatic rings. The molecule has 1 saturated heterocycles. The Hall–Kier alpha value is -3.01. The summed E-state index contributed by atoms with van der Waals surface area (Å²) in [6, 6.07) is 16.6. The molecule has 1 atom stereocenters. The van der Waals surface area contributed by atoms with Crippen molar-refractivity contribution in [1.82, 2.24) is 10.5 Å². The highest BCUT2D eigenvalue weighted by atomic mass is 32.2. The first-order valence-electron chi connectivity index (χ1n) is 10.2. The maximum absolute atomic E-state index is 12.6. The number of benzene rings is 2. The Balaban J connectivity index is 1.36. The number of para-hydroxylation sites is 1. The maximum Gasteiger partial charge on any atom is 0.250 e. The van der Waals surface area contributed by atoms with Crippen LogP contribution in [0.4, 0.5) is 0 Å². The van der Waals surface area contributed by atoms with Crippen LogP contribution in [0.2, 0.25) is 0 Å². The van der Waals surface area contributed by atoms with E-state index in [2.05, 4.69) is 4.98 Å². The Morgan fingerprint density at radius 1 is 1.09 bits per heavy atom. The number of nitrogens with one attached hydrogen (secondary N) is 1.